The fourth-order valence-corrected chi connectivity index (χ4v) is 2.15. The van der Waals surface area contributed by atoms with Crippen molar-refractivity contribution in [2.75, 3.05) is 6.61 Å². The third kappa shape index (κ3) is 5.78. The van der Waals surface area contributed by atoms with E-state index in [-0.39, 0.29) is 6.61 Å². The van der Waals surface area contributed by atoms with Crippen molar-refractivity contribution in [2.45, 2.75) is 58.4 Å². The van der Waals surface area contributed by atoms with Crippen LogP contribution < -0.4 is 0 Å². The Morgan fingerprint density at radius 3 is 1.79 bits per heavy atom. The second-order valence-corrected chi connectivity index (χ2v) is 5.09. The van der Waals surface area contributed by atoms with Gasteiger partial charge in [-0.3, -0.25) is 19.2 Å². The number of hydrogen-bond donors (Lipinski definition) is 1. The summed E-state index contributed by atoms with van der Waals surface area (Å²) in [6.45, 7) is 4.09. The predicted octanol–water partition coefficient (Wildman–Crippen LogP) is -0.938. The van der Waals surface area contributed by atoms with Crippen LogP contribution in [-0.2, 0) is 42.9 Å². The molecule has 10 nitrogen and oxygen atoms in total. The minimum absolute atomic E-state index is 0.366. The van der Waals surface area contributed by atoms with E-state index in [1.165, 1.54) is 0 Å². The van der Waals surface area contributed by atoms with E-state index in [9.17, 15) is 24.3 Å². The second-order valence-electron chi connectivity index (χ2n) is 5.09. The van der Waals surface area contributed by atoms with Gasteiger partial charge in [-0.05, 0) is 0 Å². The Hall–Kier alpha value is -2.20. The maximum absolute atomic E-state index is 11.3. The normalized spacial score (nSPS) is 29.3. The highest BCUT2D eigenvalue weighted by Gasteiger charge is 2.51. The second kappa shape index (κ2) is 8.60. The average Bonchev–Trinajstić information content (AvgIpc) is 2.42. The zero-order chi connectivity index (χ0) is 18.4. The summed E-state index contributed by atoms with van der Waals surface area (Å²) in [5, 5.41) is 10.2. The first-order valence-corrected chi connectivity index (χ1v) is 7.10. The Labute approximate surface area is 137 Å². The molecule has 24 heavy (non-hydrogen) atoms. The molecule has 1 N–H and O–H groups in total. The van der Waals surface area contributed by atoms with Gasteiger partial charge in [0.2, 0.25) is 6.29 Å². The lowest BCUT2D eigenvalue weighted by atomic mass is 9.98. The van der Waals surface area contributed by atoms with Crippen LogP contribution in [-0.4, -0.2) is 66.3 Å². The molecule has 1 unspecified atom stereocenters. The van der Waals surface area contributed by atoms with Crippen LogP contribution in [0.4, 0.5) is 0 Å². The van der Waals surface area contributed by atoms with E-state index in [2.05, 4.69) is 0 Å². The van der Waals surface area contributed by atoms with Gasteiger partial charge in [0, 0.05) is 27.7 Å². The summed E-state index contributed by atoms with van der Waals surface area (Å²) in [4.78, 5) is 44.7. The standard InChI is InChI=1S/C14H20O10/c1-6(15)20-5-10-12(21-7(2)16)13(22-8(3)17)11(19)14(24-10)23-9(4)18/h10-14,19H,5H2,1-4H3/t10-,11-,12+,13+,14?/m0/s1. The Bertz CT molecular complexity index is 486. The lowest BCUT2D eigenvalue weighted by Crippen LogP contribution is -2.62. The molecular formula is C14H20O10. The maximum atomic E-state index is 11.3. The van der Waals surface area contributed by atoms with Crippen LogP contribution in [0.25, 0.3) is 0 Å². The van der Waals surface area contributed by atoms with Crippen molar-refractivity contribution < 1.29 is 48.0 Å². The topological polar surface area (TPSA) is 135 Å². The van der Waals surface area contributed by atoms with Crippen molar-refractivity contribution in [1.82, 2.24) is 0 Å². The van der Waals surface area contributed by atoms with Crippen molar-refractivity contribution in [3.63, 3.8) is 0 Å². The number of aliphatic hydroxyl groups is 1. The summed E-state index contributed by atoms with van der Waals surface area (Å²) < 4.78 is 25.0. The van der Waals surface area contributed by atoms with Crippen LogP contribution in [0.5, 0.6) is 0 Å². The molecule has 0 aromatic rings. The summed E-state index contributed by atoms with van der Waals surface area (Å²) in [6, 6.07) is 0. The molecule has 10 heteroatoms. The zero-order valence-corrected chi connectivity index (χ0v) is 13.7. The largest absolute Gasteiger partial charge is 0.463 e. The van der Waals surface area contributed by atoms with Gasteiger partial charge in [0.05, 0.1) is 0 Å². The third-order valence-corrected chi connectivity index (χ3v) is 2.95. The van der Waals surface area contributed by atoms with E-state index < -0.39 is 54.6 Å². The summed E-state index contributed by atoms with van der Waals surface area (Å²) in [5.41, 5.74) is 0. The van der Waals surface area contributed by atoms with E-state index in [4.69, 9.17) is 23.7 Å². The minimum atomic E-state index is -1.60. The fourth-order valence-electron chi connectivity index (χ4n) is 2.15. The number of hydrogen-bond acceptors (Lipinski definition) is 10. The van der Waals surface area contributed by atoms with Crippen molar-refractivity contribution in [2.24, 2.45) is 0 Å². The fraction of sp³-hybridized carbons (Fsp3) is 0.714. The van der Waals surface area contributed by atoms with Crippen molar-refractivity contribution in [3.05, 3.63) is 0 Å². The number of esters is 4. The third-order valence-electron chi connectivity index (χ3n) is 2.95. The molecule has 0 saturated carbocycles. The van der Waals surface area contributed by atoms with E-state index in [1.54, 1.807) is 0 Å². The summed E-state index contributed by atoms with van der Waals surface area (Å²) >= 11 is 0. The average molecular weight is 348 g/mol. The molecule has 1 fully saturated rings. The smallest absolute Gasteiger partial charge is 0.305 e. The number of aliphatic hydroxyl groups excluding tert-OH is 1. The molecule has 0 spiro atoms. The molecule has 0 amide bonds. The summed E-state index contributed by atoms with van der Waals surface area (Å²) in [6.07, 6.45) is -6.83. The molecule has 0 radical (unpaired) electrons. The molecule has 1 aliphatic heterocycles. The molecule has 136 valence electrons. The van der Waals surface area contributed by atoms with Crippen LogP contribution in [0.3, 0.4) is 0 Å². The highest BCUT2D eigenvalue weighted by atomic mass is 16.7. The molecule has 5 atom stereocenters. The molecule has 0 aromatic carbocycles. The van der Waals surface area contributed by atoms with Crippen molar-refractivity contribution in [1.29, 1.82) is 0 Å². The molecule has 1 rings (SSSR count). The molecule has 0 aromatic heterocycles. The SMILES string of the molecule is CC(=O)OC[C@@H]1OC(OC(C)=O)[C@@H](O)[C@@H](OC(C)=O)[C@@H]1OC(C)=O. The predicted molar refractivity (Wildman–Crippen MR) is 74.2 cm³/mol. The Morgan fingerprint density at radius 2 is 1.33 bits per heavy atom. The van der Waals surface area contributed by atoms with E-state index in [1.807, 2.05) is 0 Å². The molecular weight excluding hydrogens is 328 g/mol. The lowest BCUT2D eigenvalue weighted by Gasteiger charge is -2.42. The maximum Gasteiger partial charge on any atom is 0.305 e. The molecule has 0 aliphatic carbocycles. The number of carbonyl (C=O) groups is 4. The van der Waals surface area contributed by atoms with Gasteiger partial charge in [-0.2, -0.15) is 0 Å². The van der Waals surface area contributed by atoms with Gasteiger partial charge < -0.3 is 28.8 Å². The van der Waals surface area contributed by atoms with Gasteiger partial charge in [-0.1, -0.05) is 0 Å². The van der Waals surface area contributed by atoms with Crippen LogP contribution in [0.15, 0.2) is 0 Å². The molecule has 1 saturated heterocycles. The van der Waals surface area contributed by atoms with Gasteiger partial charge in [0.15, 0.2) is 18.3 Å². The zero-order valence-electron chi connectivity index (χ0n) is 13.7. The first-order chi connectivity index (χ1) is 11.1. The van der Waals surface area contributed by atoms with Gasteiger partial charge in [0.1, 0.15) is 12.7 Å². The van der Waals surface area contributed by atoms with Crippen molar-refractivity contribution >= 4 is 23.9 Å². The monoisotopic (exact) mass is 348 g/mol. The van der Waals surface area contributed by atoms with Gasteiger partial charge in [-0.15, -0.1) is 0 Å². The lowest BCUT2D eigenvalue weighted by molar-refractivity contribution is -0.297. The first kappa shape index (κ1) is 19.8. The van der Waals surface area contributed by atoms with Gasteiger partial charge >= 0.3 is 23.9 Å². The van der Waals surface area contributed by atoms with E-state index in [0.717, 1.165) is 27.7 Å². The summed E-state index contributed by atoms with van der Waals surface area (Å²) in [5.74, 6) is -2.87. The van der Waals surface area contributed by atoms with Crippen molar-refractivity contribution in [3.8, 4) is 0 Å². The van der Waals surface area contributed by atoms with Gasteiger partial charge in [-0.25, -0.2) is 0 Å². The van der Waals surface area contributed by atoms with E-state index >= 15 is 0 Å². The van der Waals surface area contributed by atoms with Crippen LogP contribution in [0.2, 0.25) is 0 Å². The number of carbonyl (C=O) groups excluding carboxylic acids is 4. The first-order valence-electron chi connectivity index (χ1n) is 7.10. The highest BCUT2D eigenvalue weighted by molar-refractivity contribution is 5.68. The minimum Gasteiger partial charge on any atom is -0.463 e. The number of ether oxygens (including phenoxy) is 5. The number of rotatable bonds is 5. The Kier molecular flexibility index (Phi) is 7.11. The quantitative estimate of drug-likeness (QED) is 0.490. The molecule has 1 aliphatic rings. The molecule has 0 bridgehead atoms. The Balaban J connectivity index is 3.08. The molecule has 1 heterocycles. The Morgan fingerprint density at radius 1 is 0.833 bits per heavy atom. The van der Waals surface area contributed by atoms with E-state index in [0.29, 0.717) is 0 Å². The highest BCUT2D eigenvalue weighted by Crippen LogP contribution is 2.27. The van der Waals surface area contributed by atoms with Crippen LogP contribution in [0.1, 0.15) is 27.7 Å². The van der Waals surface area contributed by atoms with Crippen LogP contribution in [0, 0.1) is 0 Å². The summed E-state index contributed by atoms with van der Waals surface area (Å²) in [7, 11) is 0. The van der Waals surface area contributed by atoms with Gasteiger partial charge in [0.25, 0.3) is 0 Å². The van der Waals surface area contributed by atoms with Crippen LogP contribution >= 0.6 is 0 Å².